The van der Waals surface area contributed by atoms with Gasteiger partial charge in [-0.05, 0) is 0 Å². The van der Waals surface area contributed by atoms with Crippen LogP contribution in [0.4, 0.5) is 0 Å². The highest BCUT2D eigenvalue weighted by Gasteiger charge is 2.57. The summed E-state index contributed by atoms with van der Waals surface area (Å²) >= 11 is 1.90. The van der Waals surface area contributed by atoms with Gasteiger partial charge in [-0.1, -0.05) is 0 Å². The fourth-order valence-electron chi connectivity index (χ4n) is 1.27. The highest BCUT2D eigenvalue weighted by atomic mass is 32.2. The van der Waals surface area contributed by atoms with Gasteiger partial charge in [-0.3, -0.25) is 0 Å². The number of thioether (sulfide) groups is 1. The summed E-state index contributed by atoms with van der Waals surface area (Å²) in [7, 11) is 1.79. The van der Waals surface area contributed by atoms with E-state index in [-0.39, 0.29) is 4.93 Å². The Kier molecular flexibility index (Phi) is 1.25. The van der Waals surface area contributed by atoms with Crippen LogP contribution in [0.5, 0.6) is 0 Å². The summed E-state index contributed by atoms with van der Waals surface area (Å²) in [4.78, 5) is 0.179. The van der Waals surface area contributed by atoms with E-state index in [1.807, 2.05) is 11.8 Å². The van der Waals surface area contributed by atoms with Crippen molar-refractivity contribution in [1.82, 2.24) is 0 Å². The van der Waals surface area contributed by atoms with Crippen LogP contribution < -0.4 is 0 Å². The lowest BCUT2D eigenvalue weighted by atomic mass is 10.2. The maximum Gasteiger partial charge on any atom is 0.130 e. The molecule has 2 aliphatic rings. The Hall–Kier alpha value is 0.270. The number of rotatable bonds is 1. The van der Waals surface area contributed by atoms with Crippen LogP contribution in [0.1, 0.15) is 6.42 Å². The molecule has 0 aliphatic carbocycles. The van der Waals surface area contributed by atoms with E-state index in [4.69, 9.17) is 9.47 Å². The van der Waals surface area contributed by atoms with Crippen LogP contribution in [0.3, 0.4) is 0 Å². The molecule has 0 aromatic rings. The summed E-state index contributed by atoms with van der Waals surface area (Å²) in [6.07, 6.45) is 1.07. The second-order valence-corrected chi connectivity index (χ2v) is 3.94. The normalized spacial score (nSPS) is 48.3. The van der Waals surface area contributed by atoms with Gasteiger partial charge in [-0.15, -0.1) is 11.8 Å². The Bertz CT molecular complexity index is 128. The molecule has 9 heavy (non-hydrogen) atoms. The van der Waals surface area contributed by atoms with Crippen molar-refractivity contribution in [2.45, 2.75) is 16.6 Å². The van der Waals surface area contributed by atoms with Crippen LogP contribution in [-0.4, -0.2) is 30.5 Å². The van der Waals surface area contributed by atoms with Crippen molar-refractivity contribution < 1.29 is 9.47 Å². The highest BCUT2D eigenvalue weighted by Crippen LogP contribution is 2.58. The van der Waals surface area contributed by atoms with E-state index < -0.39 is 0 Å². The van der Waals surface area contributed by atoms with E-state index in [0.29, 0.717) is 5.25 Å². The summed E-state index contributed by atoms with van der Waals surface area (Å²) < 4.78 is 10.6. The Morgan fingerprint density at radius 3 is 3.22 bits per heavy atom. The van der Waals surface area contributed by atoms with Gasteiger partial charge in [-0.25, -0.2) is 0 Å². The van der Waals surface area contributed by atoms with Gasteiger partial charge in [0.15, 0.2) is 0 Å². The molecule has 2 atom stereocenters. The molecule has 0 bridgehead atoms. The minimum Gasteiger partial charge on any atom is -0.380 e. The Morgan fingerprint density at radius 2 is 2.67 bits per heavy atom. The van der Waals surface area contributed by atoms with Crippen molar-refractivity contribution >= 4 is 11.8 Å². The molecule has 2 nitrogen and oxygen atoms in total. The third-order valence-corrected chi connectivity index (χ3v) is 3.59. The van der Waals surface area contributed by atoms with E-state index >= 15 is 0 Å². The molecule has 2 heterocycles. The molecular formula is C6H10O2S. The number of ether oxygens (including phenoxy) is 2. The molecular weight excluding hydrogens is 136 g/mol. The minimum absolute atomic E-state index is 0.179. The SMILES string of the molecule is COC12CCOCC1S2. The first-order valence-corrected chi connectivity index (χ1v) is 4.06. The molecule has 0 aromatic carbocycles. The van der Waals surface area contributed by atoms with E-state index in [9.17, 15) is 0 Å². The zero-order valence-electron chi connectivity index (χ0n) is 5.42. The molecule has 3 heteroatoms. The maximum absolute atomic E-state index is 5.34. The van der Waals surface area contributed by atoms with Gasteiger partial charge < -0.3 is 9.47 Å². The second kappa shape index (κ2) is 1.87. The Labute approximate surface area is 58.9 Å². The predicted molar refractivity (Wildman–Crippen MR) is 36.6 cm³/mol. The average Bonchev–Trinajstić information content (AvgIpc) is 2.62. The molecule has 0 radical (unpaired) electrons. The number of hydrogen-bond acceptors (Lipinski definition) is 3. The number of hydrogen-bond donors (Lipinski definition) is 0. The Balaban J connectivity index is 2.01. The first-order valence-electron chi connectivity index (χ1n) is 3.18. The van der Waals surface area contributed by atoms with Crippen molar-refractivity contribution in [2.75, 3.05) is 20.3 Å². The molecule has 2 fully saturated rings. The Morgan fingerprint density at radius 1 is 1.78 bits per heavy atom. The third-order valence-electron chi connectivity index (χ3n) is 1.98. The van der Waals surface area contributed by atoms with Crippen molar-refractivity contribution in [3.8, 4) is 0 Å². The smallest absolute Gasteiger partial charge is 0.130 e. The van der Waals surface area contributed by atoms with Crippen molar-refractivity contribution in [3.05, 3.63) is 0 Å². The van der Waals surface area contributed by atoms with Crippen LogP contribution in [0, 0.1) is 0 Å². The molecule has 0 saturated carbocycles. The summed E-state index contributed by atoms with van der Waals surface area (Å²) in [6, 6.07) is 0. The topological polar surface area (TPSA) is 18.5 Å². The lowest BCUT2D eigenvalue weighted by Gasteiger charge is -2.17. The summed E-state index contributed by atoms with van der Waals surface area (Å²) in [5, 5.41) is 0.635. The van der Waals surface area contributed by atoms with Crippen LogP contribution >= 0.6 is 11.8 Å². The van der Waals surface area contributed by atoms with E-state index in [1.54, 1.807) is 7.11 Å². The summed E-state index contributed by atoms with van der Waals surface area (Å²) in [5.74, 6) is 0. The predicted octanol–water partition coefficient (Wildman–Crippen LogP) is 0.865. The van der Waals surface area contributed by atoms with Crippen LogP contribution in [-0.2, 0) is 9.47 Å². The van der Waals surface area contributed by atoms with Gasteiger partial charge in [0, 0.05) is 13.5 Å². The van der Waals surface area contributed by atoms with Gasteiger partial charge in [0.05, 0.1) is 18.5 Å². The first-order chi connectivity index (χ1) is 4.37. The summed E-state index contributed by atoms with van der Waals surface area (Å²) in [6.45, 7) is 1.76. The van der Waals surface area contributed by atoms with E-state index in [1.165, 1.54) is 0 Å². The van der Waals surface area contributed by atoms with E-state index in [0.717, 1.165) is 19.6 Å². The fourth-order valence-corrected chi connectivity index (χ4v) is 2.43. The lowest BCUT2D eigenvalue weighted by Crippen LogP contribution is -2.27. The van der Waals surface area contributed by atoms with Crippen LogP contribution in [0.25, 0.3) is 0 Å². The fraction of sp³-hybridized carbons (Fsp3) is 1.00. The molecule has 2 saturated heterocycles. The monoisotopic (exact) mass is 146 g/mol. The zero-order chi connectivity index (χ0) is 6.32. The molecule has 2 unspecified atom stereocenters. The molecule has 0 spiro atoms. The minimum atomic E-state index is 0.179. The van der Waals surface area contributed by atoms with Crippen LogP contribution in [0.15, 0.2) is 0 Å². The molecule has 52 valence electrons. The van der Waals surface area contributed by atoms with Crippen molar-refractivity contribution in [2.24, 2.45) is 0 Å². The van der Waals surface area contributed by atoms with Crippen molar-refractivity contribution in [1.29, 1.82) is 0 Å². The molecule has 0 N–H and O–H groups in total. The lowest BCUT2D eigenvalue weighted by molar-refractivity contribution is 0.00148. The van der Waals surface area contributed by atoms with Gasteiger partial charge in [0.2, 0.25) is 0 Å². The standard InChI is InChI=1S/C6H10O2S/c1-7-6-2-3-8-4-5(6)9-6/h5H,2-4H2,1H3. The first kappa shape index (κ1) is 6.01. The quantitative estimate of drug-likeness (QED) is 0.511. The van der Waals surface area contributed by atoms with Crippen LogP contribution in [0.2, 0.25) is 0 Å². The molecule has 0 aromatic heterocycles. The van der Waals surface area contributed by atoms with E-state index in [2.05, 4.69) is 0 Å². The van der Waals surface area contributed by atoms with Gasteiger partial charge >= 0.3 is 0 Å². The second-order valence-electron chi connectivity index (χ2n) is 2.45. The van der Waals surface area contributed by atoms with Gasteiger partial charge in [-0.2, -0.15) is 0 Å². The van der Waals surface area contributed by atoms with Gasteiger partial charge in [0.25, 0.3) is 0 Å². The average molecular weight is 146 g/mol. The zero-order valence-corrected chi connectivity index (χ0v) is 6.24. The largest absolute Gasteiger partial charge is 0.380 e. The number of fused-ring (bicyclic) bond motifs is 1. The number of methoxy groups -OCH3 is 1. The molecule has 0 amide bonds. The van der Waals surface area contributed by atoms with Gasteiger partial charge in [0.1, 0.15) is 4.93 Å². The maximum atomic E-state index is 5.34. The summed E-state index contributed by atoms with van der Waals surface area (Å²) in [5.41, 5.74) is 0. The molecule has 2 aliphatic heterocycles. The molecule has 2 rings (SSSR count). The van der Waals surface area contributed by atoms with Crippen molar-refractivity contribution in [3.63, 3.8) is 0 Å². The third kappa shape index (κ3) is 0.791. The highest BCUT2D eigenvalue weighted by molar-refractivity contribution is 8.08.